The van der Waals surface area contributed by atoms with Crippen LogP contribution in [0.25, 0.3) is 11.3 Å². The van der Waals surface area contributed by atoms with Gasteiger partial charge in [-0.3, -0.25) is 4.98 Å². The Morgan fingerprint density at radius 1 is 1.05 bits per heavy atom. The highest BCUT2D eigenvalue weighted by Crippen LogP contribution is 2.34. The average molecular weight is 305 g/mol. The zero-order valence-electron chi connectivity index (χ0n) is 9.43. The Balaban J connectivity index is 2.49. The Labute approximate surface area is 118 Å². The Hall–Kier alpha value is -1.26. The maximum Gasteiger partial charge on any atom is 0.417 e. The lowest BCUT2D eigenvalue weighted by molar-refractivity contribution is -0.137. The first-order valence-corrected chi connectivity index (χ1v) is 5.89. The first-order chi connectivity index (χ1) is 8.79. The van der Waals surface area contributed by atoms with Crippen molar-refractivity contribution in [1.29, 1.82) is 0 Å². The summed E-state index contributed by atoms with van der Waals surface area (Å²) in [4.78, 5) is 3.76. The number of pyridine rings is 1. The molecule has 0 N–H and O–H groups in total. The second-order valence-corrected chi connectivity index (χ2v) is 4.67. The van der Waals surface area contributed by atoms with Crippen molar-refractivity contribution in [3.63, 3.8) is 0 Å². The molecule has 0 aliphatic heterocycles. The van der Waals surface area contributed by atoms with E-state index >= 15 is 0 Å². The van der Waals surface area contributed by atoms with Gasteiger partial charge in [-0.2, -0.15) is 13.2 Å². The third-order valence-corrected chi connectivity index (χ3v) is 3.14. The summed E-state index contributed by atoms with van der Waals surface area (Å²) in [6.07, 6.45) is -3.72. The van der Waals surface area contributed by atoms with E-state index in [0.717, 1.165) is 12.3 Å². The average Bonchev–Trinajstić information content (AvgIpc) is 2.31. The predicted molar refractivity (Wildman–Crippen MR) is 69.2 cm³/mol. The van der Waals surface area contributed by atoms with Gasteiger partial charge in [-0.25, -0.2) is 0 Å². The molecule has 2 rings (SSSR count). The summed E-state index contributed by atoms with van der Waals surface area (Å²) in [7, 11) is 0. The van der Waals surface area contributed by atoms with Gasteiger partial charge < -0.3 is 0 Å². The molecule has 0 unspecified atom stereocenters. The number of rotatable bonds is 1. The molecule has 0 saturated heterocycles. The Morgan fingerprint density at radius 2 is 1.74 bits per heavy atom. The van der Waals surface area contributed by atoms with Crippen molar-refractivity contribution >= 4 is 23.2 Å². The Kier molecular flexibility index (Phi) is 3.74. The second kappa shape index (κ2) is 5.02. The molecule has 19 heavy (non-hydrogen) atoms. The predicted octanol–water partition coefficient (Wildman–Crippen LogP) is 5.26. The van der Waals surface area contributed by atoms with E-state index in [1.807, 2.05) is 0 Å². The van der Waals surface area contributed by atoms with Gasteiger partial charge >= 0.3 is 6.18 Å². The minimum atomic E-state index is -4.47. The standard InChI is InChI=1S/C13H7Cl2F3N/c1-7-4-8(2-3-10(7)14)12-11(15)5-9(6-19-12)13(16,17)18/h2-6H,1H2. The minimum absolute atomic E-state index is 0.0726. The zero-order valence-corrected chi connectivity index (χ0v) is 10.9. The van der Waals surface area contributed by atoms with Gasteiger partial charge in [0, 0.05) is 16.8 Å². The number of halogens is 5. The highest BCUT2D eigenvalue weighted by Gasteiger charge is 2.31. The van der Waals surface area contributed by atoms with Crippen LogP contribution in [0.15, 0.2) is 30.5 Å². The van der Waals surface area contributed by atoms with Crippen LogP contribution in [0, 0.1) is 6.92 Å². The molecule has 1 heterocycles. The van der Waals surface area contributed by atoms with E-state index in [2.05, 4.69) is 11.9 Å². The van der Waals surface area contributed by atoms with Crippen LogP contribution in [0.4, 0.5) is 13.2 Å². The summed E-state index contributed by atoms with van der Waals surface area (Å²) in [5.41, 5.74) is 0.492. The van der Waals surface area contributed by atoms with Gasteiger partial charge in [0.15, 0.2) is 0 Å². The molecule has 1 nitrogen and oxygen atoms in total. The van der Waals surface area contributed by atoms with Crippen LogP contribution in [0.1, 0.15) is 11.1 Å². The van der Waals surface area contributed by atoms with E-state index in [-0.39, 0.29) is 10.7 Å². The largest absolute Gasteiger partial charge is 0.417 e. The normalized spacial score (nSPS) is 11.7. The highest BCUT2D eigenvalue weighted by molar-refractivity contribution is 6.33. The summed E-state index contributed by atoms with van der Waals surface area (Å²) in [5, 5.41) is 0.392. The number of aromatic nitrogens is 1. The van der Waals surface area contributed by atoms with Gasteiger partial charge in [-0.1, -0.05) is 29.3 Å². The van der Waals surface area contributed by atoms with Crippen molar-refractivity contribution in [2.24, 2.45) is 0 Å². The van der Waals surface area contributed by atoms with E-state index in [1.54, 1.807) is 18.2 Å². The van der Waals surface area contributed by atoms with Crippen molar-refractivity contribution in [3.8, 4) is 11.3 Å². The lowest BCUT2D eigenvalue weighted by atomic mass is 10.1. The monoisotopic (exact) mass is 304 g/mol. The second-order valence-electron chi connectivity index (χ2n) is 3.86. The summed E-state index contributed by atoms with van der Waals surface area (Å²) in [6, 6.07) is 5.68. The Morgan fingerprint density at radius 3 is 2.26 bits per heavy atom. The third kappa shape index (κ3) is 3.01. The van der Waals surface area contributed by atoms with E-state index in [9.17, 15) is 13.2 Å². The number of nitrogens with zero attached hydrogens (tertiary/aromatic N) is 1. The molecular weight excluding hydrogens is 298 g/mol. The number of benzene rings is 1. The molecule has 0 fully saturated rings. The summed E-state index contributed by atoms with van der Waals surface area (Å²) in [6.45, 7) is 3.71. The molecule has 1 aromatic carbocycles. The molecule has 0 atom stereocenters. The minimum Gasteiger partial charge on any atom is -0.254 e. The smallest absolute Gasteiger partial charge is 0.254 e. The zero-order chi connectivity index (χ0) is 14.2. The Bertz CT molecular complexity index is 624. The van der Waals surface area contributed by atoms with Gasteiger partial charge in [0.1, 0.15) is 0 Å². The van der Waals surface area contributed by atoms with Gasteiger partial charge in [0.05, 0.1) is 16.3 Å². The quantitative estimate of drug-likeness (QED) is 0.700. The molecule has 0 saturated carbocycles. The maximum absolute atomic E-state index is 12.5. The number of hydrogen-bond donors (Lipinski definition) is 0. The molecule has 1 aromatic heterocycles. The summed E-state index contributed by atoms with van der Waals surface area (Å²) < 4.78 is 37.5. The highest BCUT2D eigenvalue weighted by atomic mass is 35.5. The summed E-state index contributed by atoms with van der Waals surface area (Å²) in [5.74, 6) is 0. The van der Waals surface area contributed by atoms with Crippen LogP contribution in [-0.4, -0.2) is 4.98 Å². The van der Waals surface area contributed by atoms with Crippen molar-refractivity contribution in [1.82, 2.24) is 4.98 Å². The van der Waals surface area contributed by atoms with Crippen molar-refractivity contribution in [2.45, 2.75) is 6.18 Å². The molecular formula is C13H7Cl2F3N. The van der Waals surface area contributed by atoms with Crippen LogP contribution in [0.2, 0.25) is 10.0 Å². The fraction of sp³-hybridized carbons (Fsp3) is 0.0769. The van der Waals surface area contributed by atoms with E-state index in [1.165, 1.54) is 0 Å². The lowest BCUT2D eigenvalue weighted by Crippen LogP contribution is -2.05. The molecule has 6 heteroatoms. The fourth-order valence-corrected chi connectivity index (χ4v) is 1.92. The fourth-order valence-electron chi connectivity index (χ4n) is 1.53. The van der Waals surface area contributed by atoms with E-state index < -0.39 is 11.7 Å². The summed E-state index contributed by atoms with van der Waals surface area (Å²) >= 11 is 11.7. The topological polar surface area (TPSA) is 12.9 Å². The number of alkyl halides is 3. The number of hydrogen-bond acceptors (Lipinski definition) is 1. The first-order valence-electron chi connectivity index (χ1n) is 5.13. The maximum atomic E-state index is 12.5. The van der Waals surface area contributed by atoms with Crippen LogP contribution >= 0.6 is 23.2 Å². The third-order valence-electron chi connectivity index (χ3n) is 2.49. The van der Waals surface area contributed by atoms with Gasteiger partial charge in [-0.05, 0) is 30.7 Å². The molecule has 2 aromatic rings. The van der Waals surface area contributed by atoms with Crippen LogP contribution in [0.3, 0.4) is 0 Å². The van der Waals surface area contributed by atoms with Crippen molar-refractivity contribution in [2.75, 3.05) is 0 Å². The van der Waals surface area contributed by atoms with E-state index in [0.29, 0.717) is 16.1 Å². The molecule has 0 aliphatic rings. The molecule has 0 amide bonds. The van der Waals surface area contributed by atoms with Crippen molar-refractivity contribution in [3.05, 3.63) is 58.6 Å². The van der Waals surface area contributed by atoms with Crippen LogP contribution in [0.5, 0.6) is 0 Å². The SMILES string of the molecule is [CH2]c1cc(-c2ncc(C(F)(F)F)cc2Cl)ccc1Cl. The lowest BCUT2D eigenvalue weighted by Gasteiger charge is -2.10. The molecule has 99 valence electrons. The van der Waals surface area contributed by atoms with Gasteiger partial charge in [0.25, 0.3) is 0 Å². The van der Waals surface area contributed by atoms with Gasteiger partial charge in [0.2, 0.25) is 0 Å². The molecule has 0 bridgehead atoms. The van der Waals surface area contributed by atoms with Crippen LogP contribution < -0.4 is 0 Å². The molecule has 0 aliphatic carbocycles. The van der Waals surface area contributed by atoms with E-state index in [4.69, 9.17) is 23.2 Å². The molecule has 0 spiro atoms. The van der Waals surface area contributed by atoms with Crippen LogP contribution in [-0.2, 0) is 6.18 Å². The first kappa shape index (κ1) is 14.2. The van der Waals surface area contributed by atoms with Crippen molar-refractivity contribution < 1.29 is 13.2 Å². The van der Waals surface area contributed by atoms with Gasteiger partial charge in [-0.15, -0.1) is 0 Å². The molecule has 1 radical (unpaired) electrons.